The lowest BCUT2D eigenvalue weighted by Crippen LogP contribution is -2.41. The fourth-order valence-electron chi connectivity index (χ4n) is 5.08. The third kappa shape index (κ3) is 6.09. The highest BCUT2D eigenvalue weighted by atomic mass is 35.5. The molecule has 9 heteroatoms. The molecule has 0 spiro atoms. The fourth-order valence-corrected chi connectivity index (χ4v) is 5.28. The number of benzene rings is 1. The number of hydrogen-bond acceptors (Lipinski definition) is 6. The predicted molar refractivity (Wildman–Crippen MR) is 134 cm³/mol. The van der Waals surface area contributed by atoms with Gasteiger partial charge in [-0.2, -0.15) is 5.10 Å². The molecular weight excluding hydrogens is 457 g/mol. The van der Waals surface area contributed by atoms with Crippen molar-refractivity contribution in [3.63, 3.8) is 0 Å². The molecule has 0 unspecified atom stereocenters. The highest BCUT2D eigenvalue weighted by Gasteiger charge is 2.28. The monoisotopic (exact) mass is 491 g/mol. The first-order chi connectivity index (χ1) is 16.6. The van der Waals surface area contributed by atoms with Crippen LogP contribution >= 0.6 is 11.6 Å². The number of nitrogens with zero attached hydrogens (tertiary/aromatic N) is 3. The van der Waals surface area contributed by atoms with Crippen molar-refractivity contribution in [1.29, 1.82) is 0 Å². The molecule has 2 fully saturated rings. The smallest absolute Gasteiger partial charge is 0.287 e. The summed E-state index contributed by atoms with van der Waals surface area (Å²) in [7, 11) is 0. The van der Waals surface area contributed by atoms with Crippen LogP contribution in [0.2, 0.25) is 5.02 Å². The molecule has 1 saturated heterocycles. The van der Waals surface area contributed by atoms with Gasteiger partial charge in [0, 0.05) is 31.4 Å². The van der Waals surface area contributed by atoms with Gasteiger partial charge in [-0.15, -0.1) is 0 Å². The van der Waals surface area contributed by atoms with Gasteiger partial charge in [0.1, 0.15) is 10.8 Å². The molecule has 1 saturated carbocycles. The van der Waals surface area contributed by atoms with E-state index in [2.05, 4.69) is 15.3 Å². The van der Waals surface area contributed by atoms with Gasteiger partial charge in [0.05, 0.1) is 24.5 Å². The number of rotatable bonds is 9. The second-order valence-corrected chi connectivity index (χ2v) is 9.74. The lowest BCUT2D eigenvalue weighted by Gasteiger charge is -2.38. The minimum Gasteiger partial charge on any atom is -0.382 e. The minimum atomic E-state index is -0.242. The first kappa shape index (κ1) is 24.9. The molecule has 2 aromatic rings. The van der Waals surface area contributed by atoms with Gasteiger partial charge in [-0.1, -0.05) is 11.6 Å². The number of ether oxygens (including phenoxy) is 1. The first-order valence-electron chi connectivity index (χ1n) is 12.4. The molecule has 4 rings (SSSR count). The largest absolute Gasteiger partial charge is 0.382 e. The summed E-state index contributed by atoms with van der Waals surface area (Å²) >= 11 is 6.45. The molecule has 0 bridgehead atoms. The van der Waals surface area contributed by atoms with E-state index in [9.17, 15) is 9.18 Å². The Kier molecular flexibility index (Phi) is 8.80. The Morgan fingerprint density at radius 3 is 2.65 bits per heavy atom. The Balaban J connectivity index is 1.39. The highest BCUT2D eigenvalue weighted by molar-refractivity contribution is 6.32. The summed E-state index contributed by atoms with van der Waals surface area (Å²) in [6, 6.07) is 6.99. The summed E-state index contributed by atoms with van der Waals surface area (Å²) in [6.45, 7) is 3.72. The number of halogens is 2. The van der Waals surface area contributed by atoms with E-state index in [1.165, 1.54) is 12.1 Å². The van der Waals surface area contributed by atoms with Crippen LogP contribution < -0.4 is 21.5 Å². The highest BCUT2D eigenvalue weighted by Crippen LogP contribution is 2.33. The quantitative estimate of drug-likeness (QED) is 0.546. The zero-order chi connectivity index (χ0) is 23.9. The molecule has 1 aromatic carbocycles. The molecule has 1 aliphatic carbocycles. The molecule has 2 aliphatic rings. The maximum Gasteiger partial charge on any atom is 0.287 e. The van der Waals surface area contributed by atoms with E-state index in [1.807, 2.05) is 12.1 Å². The molecule has 7 nitrogen and oxygen atoms in total. The van der Waals surface area contributed by atoms with Gasteiger partial charge in [-0.3, -0.25) is 4.79 Å². The van der Waals surface area contributed by atoms with Gasteiger partial charge in [0.2, 0.25) is 0 Å². The summed E-state index contributed by atoms with van der Waals surface area (Å²) in [6.07, 6.45) is 8.22. The lowest BCUT2D eigenvalue weighted by molar-refractivity contribution is 0.0595. The molecule has 0 radical (unpaired) electrons. The van der Waals surface area contributed by atoms with Crippen molar-refractivity contribution in [1.82, 2.24) is 9.78 Å². The van der Waals surface area contributed by atoms with Gasteiger partial charge in [-0.25, -0.2) is 9.07 Å². The molecule has 2 heterocycles. The third-order valence-electron chi connectivity index (χ3n) is 6.99. The number of nitrogens with one attached hydrogen (secondary N) is 1. The van der Waals surface area contributed by atoms with E-state index in [0.29, 0.717) is 24.2 Å². The number of anilines is 2. The van der Waals surface area contributed by atoms with Gasteiger partial charge < -0.3 is 20.7 Å². The van der Waals surface area contributed by atoms with E-state index in [1.54, 1.807) is 10.9 Å². The van der Waals surface area contributed by atoms with E-state index in [4.69, 9.17) is 22.1 Å². The molecule has 1 atom stereocenters. The Bertz CT molecular complexity index is 972. The van der Waals surface area contributed by atoms with Crippen molar-refractivity contribution in [3.8, 4) is 0 Å². The lowest BCUT2D eigenvalue weighted by atomic mass is 9.89. The van der Waals surface area contributed by atoms with E-state index in [-0.39, 0.29) is 22.4 Å². The van der Waals surface area contributed by atoms with E-state index in [0.717, 1.165) is 76.9 Å². The summed E-state index contributed by atoms with van der Waals surface area (Å²) < 4.78 is 20.5. The molecule has 186 valence electrons. The Hall–Kier alpha value is -2.16. The number of nitrogens with two attached hydrogens (primary N) is 1. The van der Waals surface area contributed by atoms with Crippen LogP contribution in [0.1, 0.15) is 51.0 Å². The van der Waals surface area contributed by atoms with Crippen molar-refractivity contribution in [2.45, 2.75) is 57.0 Å². The zero-order valence-electron chi connectivity index (χ0n) is 19.6. The minimum absolute atomic E-state index is 0.0200. The van der Waals surface area contributed by atoms with E-state index >= 15 is 0 Å². The SMILES string of the molecule is NCCCN(c1ccc(F)cc1)[C@H]1CC[C@@H](n2ncc(NC[C@H]3CCCOC3)c(Cl)c2=O)CC1. The summed E-state index contributed by atoms with van der Waals surface area (Å²) in [4.78, 5) is 15.3. The molecule has 0 amide bonds. The van der Waals surface area contributed by atoms with Crippen LogP contribution in [0.4, 0.5) is 15.8 Å². The summed E-state index contributed by atoms with van der Waals surface area (Å²) in [5, 5.41) is 7.95. The van der Waals surface area contributed by atoms with Crippen molar-refractivity contribution in [3.05, 3.63) is 51.7 Å². The Morgan fingerprint density at radius 1 is 1.21 bits per heavy atom. The second kappa shape index (κ2) is 12.0. The Labute approximate surface area is 205 Å². The van der Waals surface area contributed by atoms with Crippen LogP contribution in [0.3, 0.4) is 0 Å². The molecule has 34 heavy (non-hydrogen) atoms. The van der Waals surface area contributed by atoms with Crippen molar-refractivity contribution in [2.75, 3.05) is 43.1 Å². The molecule has 3 N–H and O–H groups in total. The Morgan fingerprint density at radius 2 is 1.97 bits per heavy atom. The summed E-state index contributed by atoms with van der Waals surface area (Å²) in [5.74, 6) is 0.185. The number of hydrogen-bond donors (Lipinski definition) is 2. The topological polar surface area (TPSA) is 85.4 Å². The standard InChI is InChI=1S/C25H35ClFN5O2/c26-24-23(29-15-18-3-1-14-34-17-18)16-30-32(25(24)33)22-10-8-21(9-11-22)31(13-2-12-28)20-6-4-19(27)5-7-20/h4-7,16,18,21-22,29H,1-3,8-15,17,28H2/t18-,21-,22+/m1/s1. The van der Waals surface area contributed by atoms with Crippen LogP contribution in [0, 0.1) is 11.7 Å². The molecule has 1 aromatic heterocycles. The van der Waals surface area contributed by atoms with Crippen molar-refractivity contribution < 1.29 is 9.13 Å². The maximum absolute atomic E-state index is 13.4. The first-order valence-corrected chi connectivity index (χ1v) is 12.8. The van der Waals surface area contributed by atoms with Crippen LogP contribution in [-0.4, -0.2) is 48.7 Å². The third-order valence-corrected chi connectivity index (χ3v) is 7.36. The van der Waals surface area contributed by atoms with Gasteiger partial charge in [0.15, 0.2) is 0 Å². The normalized spacial score (nSPS) is 23.0. The molecule has 1 aliphatic heterocycles. The average molecular weight is 492 g/mol. The summed E-state index contributed by atoms with van der Waals surface area (Å²) in [5.41, 5.74) is 7.11. The van der Waals surface area contributed by atoms with Gasteiger partial charge in [-0.05, 0) is 81.7 Å². The van der Waals surface area contributed by atoms with Gasteiger partial charge >= 0.3 is 0 Å². The van der Waals surface area contributed by atoms with Crippen LogP contribution in [-0.2, 0) is 4.74 Å². The van der Waals surface area contributed by atoms with Crippen molar-refractivity contribution in [2.24, 2.45) is 11.7 Å². The predicted octanol–water partition coefficient (Wildman–Crippen LogP) is 4.21. The second-order valence-electron chi connectivity index (χ2n) is 9.36. The van der Waals surface area contributed by atoms with Crippen LogP contribution in [0.25, 0.3) is 0 Å². The average Bonchev–Trinajstić information content (AvgIpc) is 2.87. The number of aromatic nitrogens is 2. The maximum atomic E-state index is 13.4. The molecular formula is C25H35ClFN5O2. The fraction of sp³-hybridized carbons (Fsp3) is 0.600. The van der Waals surface area contributed by atoms with Crippen LogP contribution in [0.15, 0.2) is 35.3 Å². The van der Waals surface area contributed by atoms with Crippen LogP contribution in [0.5, 0.6) is 0 Å². The van der Waals surface area contributed by atoms with Crippen molar-refractivity contribution >= 4 is 23.0 Å². The zero-order valence-corrected chi connectivity index (χ0v) is 20.4. The van der Waals surface area contributed by atoms with E-state index < -0.39 is 0 Å². The van der Waals surface area contributed by atoms with Gasteiger partial charge in [0.25, 0.3) is 5.56 Å².